The molecule has 0 bridgehead atoms. The molecule has 0 fully saturated rings. The van der Waals surface area contributed by atoms with Crippen LogP contribution in [0.3, 0.4) is 0 Å². The zero-order valence-electron chi connectivity index (χ0n) is 12.3. The molecule has 2 aromatic carbocycles. The molecule has 0 spiro atoms. The van der Waals surface area contributed by atoms with Gasteiger partial charge in [-0.15, -0.1) is 0 Å². The molecule has 0 heterocycles. The highest BCUT2D eigenvalue weighted by molar-refractivity contribution is 7.92. The first-order chi connectivity index (χ1) is 10.3. The standard InChI is InChI=1S/C16H17F2NO2S/c1-3-11(2)12-7-9-13(10-8-12)22(20,21)19-16-14(17)5-4-6-15(16)18/h4-11,19H,3H2,1-2H3. The van der Waals surface area contributed by atoms with Crippen LogP contribution in [0.4, 0.5) is 14.5 Å². The van der Waals surface area contributed by atoms with Gasteiger partial charge in [-0.3, -0.25) is 4.72 Å². The van der Waals surface area contributed by atoms with Crippen molar-refractivity contribution in [1.29, 1.82) is 0 Å². The second kappa shape index (κ2) is 6.44. The topological polar surface area (TPSA) is 46.2 Å². The van der Waals surface area contributed by atoms with E-state index >= 15 is 0 Å². The Bertz CT molecular complexity index is 738. The number of para-hydroxylation sites is 1. The maximum atomic E-state index is 13.5. The van der Waals surface area contributed by atoms with Crippen LogP contribution in [0.25, 0.3) is 0 Å². The first kappa shape index (κ1) is 16.4. The van der Waals surface area contributed by atoms with Crippen LogP contribution in [-0.4, -0.2) is 8.42 Å². The van der Waals surface area contributed by atoms with Gasteiger partial charge in [-0.2, -0.15) is 0 Å². The van der Waals surface area contributed by atoms with Gasteiger partial charge in [0.15, 0.2) is 0 Å². The fourth-order valence-corrected chi connectivity index (χ4v) is 3.08. The molecule has 2 aromatic rings. The van der Waals surface area contributed by atoms with E-state index in [1.807, 2.05) is 18.6 Å². The predicted molar refractivity (Wildman–Crippen MR) is 82.3 cm³/mol. The van der Waals surface area contributed by atoms with Crippen molar-refractivity contribution in [2.24, 2.45) is 0 Å². The summed E-state index contributed by atoms with van der Waals surface area (Å²) in [4.78, 5) is -0.0396. The van der Waals surface area contributed by atoms with Crippen LogP contribution in [0.15, 0.2) is 47.4 Å². The summed E-state index contributed by atoms with van der Waals surface area (Å²) in [6.07, 6.45) is 0.935. The van der Waals surface area contributed by atoms with Gasteiger partial charge in [-0.1, -0.05) is 32.0 Å². The molecule has 6 heteroatoms. The minimum atomic E-state index is -4.04. The summed E-state index contributed by atoms with van der Waals surface area (Å²) in [5.41, 5.74) is 0.340. The zero-order valence-corrected chi connectivity index (χ0v) is 13.1. The number of benzene rings is 2. The van der Waals surface area contributed by atoms with Crippen LogP contribution in [0.5, 0.6) is 0 Å². The average Bonchev–Trinajstić information content (AvgIpc) is 2.50. The normalized spacial score (nSPS) is 12.9. The van der Waals surface area contributed by atoms with E-state index in [4.69, 9.17) is 0 Å². The van der Waals surface area contributed by atoms with Crippen LogP contribution in [-0.2, 0) is 10.0 Å². The third-order valence-corrected chi connectivity index (χ3v) is 4.94. The summed E-state index contributed by atoms with van der Waals surface area (Å²) >= 11 is 0. The molecule has 1 unspecified atom stereocenters. The highest BCUT2D eigenvalue weighted by Gasteiger charge is 2.19. The second-order valence-corrected chi connectivity index (χ2v) is 6.76. The molecule has 0 aromatic heterocycles. The molecular weight excluding hydrogens is 308 g/mol. The van der Waals surface area contributed by atoms with Gasteiger partial charge >= 0.3 is 0 Å². The second-order valence-electron chi connectivity index (χ2n) is 5.08. The molecule has 0 saturated carbocycles. The Morgan fingerprint density at radius 2 is 1.59 bits per heavy atom. The Labute approximate surface area is 129 Å². The summed E-state index contributed by atoms with van der Waals surface area (Å²) in [5.74, 6) is -1.60. The van der Waals surface area contributed by atoms with E-state index in [1.54, 1.807) is 12.1 Å². The molecule has 22 heavy (non-hydrogen) atoms. The van der Waals surface area contributed by atoms with Gasteiger partial charge in [0, 0.05) is 0 Å². The van der Waals surface area contributed by atoms with Crippen molar-refractivity contribution >= 4 is 15.7 Å². The SMILES string of the molecule is CCC(C)c1ccc(S(=O)(=O)Nc2c(F)cccc2F)cc1. The van der Waals surface area contributed by atoms with Crippen LogP contribution >= 0.6 is 0 Å². The molecule has 0 aliphatic carbocycles. The zero-order chi connectivity index (χ0) is 16.3. The number of halogens is 2. The van der Waals surface area contributed by atoms with E-state index in [9.17, 15) is 17.2 Å². The van der Waals surface area contributed by atoms with E-state index < -0.39 is 27.3 Å². The number of nitrogens with one attached hydrogen (secondary N) is 1. The molecule has 0 aliphatic heterocycles. The van der Waals surface area contributed by atoms with Gasteiger partial charge < -0.3 is 0 Å². The Morgan fingerprint density at radius 3 is 2.09 bits per heavy atom. The van der Waals surface area contributed by atoms with Crippen LogP contribution in [0.2, 0.25) is 0 Å². The van der Waals surface area contributed by atoms with Gasteiger partial charge in [0.05, 0.1) is 4.90 Å². The van der Waals surface area contributed by atoms with Crippen molar-refractivity contribution in [2.75, 3.05) is 4.72 Å². The average molecular weight is 325 g/mol. The number of hydrogen-bond donors (Lipinski definition) is 1. The largest absolute Gasteiger partial charge is 0.274 e. The maximum absolute atomic E-state index is 13.5. The molecule has 2 rings (SSSR count). The van der Waals surface area contributed by atoms with Gasteiger partial charge in [-0.25, -0.2) is 17.2 Å². The first-order valence-corrected chi connectivity index (χ1v) is 8.40. The van der Waals surface area contributed by atoms with Crippen molar-refractivity contribution in [1.82, 2.24) is 0 Å². The van der Waals surface area contributed by atoms with Crippen molar-refractivity contribution in [3.63, 3.8) is 0 Å². The lowest BCUT2D eigenvalue weighted by molar-refractivity contribution is 0.583. The van der Waals surface area contributed by atoms with E-state index in [1.165, 1.54) is 18.2 Å². The van der Waals surface area contributed by atoms with E-state index in [0.29, 0.717) is 5.92 Å². The minimum absolute atomic E-state index is 0.0396. The fourth-order valence-electron chi connectivity index (χ4n) is 2.00. The predicted octanol–water partition coefficient (Wildman–Crippen LogP) is 4.28. The third-order valence-electron chi connectivity index (χ3n) is 3.57. The molecule has 0 saturated heterocycles. The summed E-state index contributed by atoms with van der Waals surface area (Å²) in [6, 6.07) is 9.44. The van der Waals surface area contributed by atoms with E-state index in [0.717, 1.165) is 24.1 Å². The minimum Gasteiger partial charge on any atom is -0.274 e. The maximum Gasteiger partial charge on any atom is 0.262 e. The van der Waals surface area contributed by atoms with E-state index in [2.05, 4.69) is 0 Å². The number of sulfonamides is 1. The lowest BCUT2D eigenvalue weighted by Crippen LogP contribution is -2.15. The van der Waals surface area contributed by atoms with Crippen molar-refractivity contribution in [3.8, 4) is 0 Å². The highest BCUT2D eigenvalue weighted by atomic mass is 32.2. The lowest BCUT2D eigenvalue weighted by atomic mass is 9.99. The van der Waals surface area contributed by atoms with Gasteiger partial charge in [0.25, 0.3) is 10.0 Å². The smallest absolute Gasteiger partial charge is 0.262 e. The summed E-state index contributed by atoms with van der Waals surface area (Å²) in [6.45, 7) is 4.08. The Morgan fingerprint density at radius 1 is 1.05 bits per heavy atom. The number of hydrogen-bond acceptors (Lipinski definition) is 2. The monoisotopic (exact) mass is 325 g/mol. The Balaban J connectivity index is 2.31. The van der Waals surface area contributed by atoms with Crippen molar-refractivity contribution in [2.45, 2.75) is 31.1 Å². The molecule has 0 amide bonds. The molecule has 1 N–H and O–H groups in total. The molecule has 3 nitrogen and oxygen atoms in total. The van der Waals surface area contributed by atoms with Gasteiger partial charge in [0.2, 0.25) is 0 Å². The van der Waals surface area contributed by atoms with Crippen LogP contribution in [0.1, 0.15) is 31.7 Å². The fraction of sp³-hybridized carbons (Fsp3) is 0.250. The molecule has 1 atom stereocenters. The molecule has 0 radical (unpaired) electrons. The van der Waals surface area contributed by atoms with Crippen LogP contribution in [0, 0.1) is 11.6 Å². The Hall–Kier alpha value is -1.95. The highest BCUT2D eigenvalue weighted by Crippen LogP contribution is 2.24. The summed E-state index contributed by atoms with van der Waals surface area (Å²) < 4.78 is 53.5. The quantitative estimate of drug-likeness (QED) is 0.892. The molecular formula is C16H17F2NO2S. The van der Waals surface area contributed by atoms with E-state index in [-0.39, 0.29) is 4.90 Å². The first-order valence-electron chi connectivity index (χ1n) is 6.92. The van der Waals surface area contributed by atoms with Crippen LogP contribution < -0.4 is 4.72 Å². The molecule has 118 valence electrons. The van der Waals surface area contributed by atoms with Crippen molar-refractivity contribution in [3.05, 3.63) is 59.7 Å². The van der Waals surface area contributed by atoms with Gasteiger partial charge in [-0.05, 0) is 42.2 Å². The van der Waals surface area contributed by atoms with Crippen molar-refractivity contribution < 1.29 is 17.2 Å². The number of rotatable bonds is 5. The molecule has 0 aliphatic rings. The summed E-state index contributed by atoms with van der Waals surface area (Å²) in [7, 11) is -4.04. The lowest BCUT2D eigenvalue weighted by Gasteiger charge is -2.12. The third kappa shape index (κ3) is 3.44. The Kier molecular flexibility index (Phi) is 4.81. The summed E-state index contributed by atoms with van der Waals surface area (Å²) in [5, 5.41) is 0. The number of anilines is 1. The van der Waals surface area contributed by atoms with Gasteiger partial charge in [0.1, 0.15) is 17.3 Å².